The lowest BCUT2D eigenvalue weighted by Crippen LogP contribution is -2.42. The van der Waals surface area contributed by atoms with Crippen molar-refractivity contribution in [3.8, 4) is 17.2 Å². The van der Waals surface area contributed by atoms with Gasteiger partial charge in [0.25, 0.3) is 0 Å². The predicted molar refractivity (Wildman–Crippen MR) is 157 cm³/mol. The maximum Gasteiger partial charge on any atom is 0.203 e. The summed E-state index contributed by atoms with van der Waals surface area (Å²) in [4.78, 5) is 15.5. The van der Waals surface area contributed by atoms with E-state index >= 15 is 0 Å². The van der Waals surface area contributed by atoms with E-state index in [1.54, 1.807) is 23.1 Å². The van der Waals surface area contributed by atoms with E-state index in [2.05, 4.69) is 0 Å². The second-order valence-electron chi connectivity index (χ2n) is 9.79. The van der Waals surface area contributed by atoms with E-state index in [-0.39, 0.29) is 23.0 Å². The molecule has 3 aromatic carbocycles. The van der Waals surface area contributed by atoms with Crippen molar-refractivity contribution in [2.45, 2.75) is 32.1 Å². The fourth-order valence-corrected chi connectivity index (χ4v) is 5.78. The zero-order valence-corrected chi connectivity index (χ0v) is 23.6. The van der Waals surface area contributed by atoms with E-state index in [1.165, 1.54) is 21.3 Å². The number of carbonyl (C=O) groups excluding carboxylic acids is 1. The van der Waals surface area contributed by atoms with Crippen LogP contribution in [0.2, 0.25) is 5.02 Å². The fraction of sp³-hybridized carbons (Fsp3) is 0.250. The van der Waals surface area contributed by atoms with Crippen molar-refractivity contribution in [3.05, 3.63) is 99.2 Å². The minimum atomic E-state index is -0.760. The summed E-state index contributed by atoms with van der Waals surface area (Å²) in [6, 6.07) is 18.2. The third kappa shape index (κ3) is 4.60. The molecule has 1 unspecified atom stereocenters. The number of para-hydroxylation sites is 1. The lowest BCUT2D eigenvalue weighted by molar-refractivity contribution is -0.116. The molecule has 0 spiro atoms. The molecular formula is C32H31ClN2O5. The van der Waals surface area contributed by atoms with E-state index in [4.69, 9.17) is 25.8 Å². The fourth-order valence-electron chi connectivity index (χ4n) is 5.56. The Morgan fingerprint density at radius 1 is 0.975 bits per heavy atom. The molecule has 0 saturated carbocycles. The van der Waals surface area contributed by atoms with Crippen molar-refractivity contribution < 1.29 is 24.1 Å². The Morgan fingerprint density at radius 3 is 2.23 bits per heavy atom. The number of ether oxygens (including phenoxy) is 3. The van der Waals surface area contributed by atoms with Crippen LogP contribution in [0.3, 0.4) is 0 Å². The predicted octanol–water partition coefficient (Wildman–Crippen LogP) is 7.23. The minimum absolute atomic E-state index is 0.0402. The number of aliphatic hydroxyl groups is 1. The number of allylic oxidation sites excluding steroid dienone is 2. The number of nitrogens with one attached hydrogen (secondary N) is 1. The molecular weight excluding hydrogens is 528 g/mol. The van der Waals surface area contributed by atoms with Gasteiger partial charge in [-0.05, 0) is 49.6 Å². The molecule has 5 rings (SSSR count). The first-order chi connectivity index (χ1) is 19.3. The number of aliphatic hydroxyl groups excluding tert-OH is 1. The van der Waals surface area contributed by atoms with Gasteiger partial charge in [-0.2, -0.15) is 0 Å². The number of anilines is 1. The molecule has 40 heavy (non-hydrogen) atoms. The SMILES string of the molecule is COc1cc(C2C3=C(CCCC3=O)N(c3ccccc3Cl)C(=N)/C2=C(/O)c2ccc(C)cc2)cc(OC)c1OC. The molecule has 2 N–H and O–H groups in total. The Labute approximate surface area is 238 Å². The molecule has 3 aromatic rings. The quantitative estimate of drug-likeness (QED) is 0.310. The topological polar surface area (TPSA) is 92.1 Å². The molecule has 8 heteroatoms. The number of aryl methyl sites for hydroxylation is 1. The summed E-state index contributed by atoms with van der Waals surface area (Å²) in [5, 5.41) is 21.8. The molecule has 1 heterocycles. The lowest BCUT2D eigenvalue weighted by atomic mass is 9.73. The molecule has 1 atom stereocenters. The maximum absolute atomic E-state index is 13.8. The summed E-state index contributed by atoms with van der Waals surface area (Å²) in [7, 11) is 4.58. The van der Waals surface area contributed by atoms with Gasteiger partial charge in [0.05, 0.1) is 32.0 Å². The second kappa shape index (κ2) is 11.1. The number of Topliss-reactive ketones (excluding diaryl/α,β-unsaturated/α-hetero) is 1. The van der Waals surface area contributed by atoms with Crippen LogP contribution in [0.15, 0.2) is 77.5 Å². The van der Waals surface area contributed by atoms with Crippen molar-refractivity contribution in [2.75, 3.05) is 26.2 Å². The molecule has 0 saturated heterocycles. The van der Waals surface area contributed by atoms with Crippen molar-refractivity contribution in [3.63, 3.8) is 0 Å². The molecule has 7 nitrogen and oxygen atoms in total. The van der Waals surface area contributed by atoms with Gasteiger partial charge in [-0.15, -0.1) is 0 Å². The van der Waals surface area contributed by atoms with Crippen molar-refractivity contribution in [1.29, 1.82) is 5.41 Å². The van der Waals surface area contributed by atoms with Gasteiger partial charge in [0.1, 0.15) is 11.6 Å². The van der Waals surface area contributed by atoms with Gasteiger partial charge in [-0.25, -0.2) is 0 Å². The Morgan fingerprint density at radius 2 is 1.62 bits per heavy atom. The second-order valence-corrected chi connectivity index (χ2v) is 10.2. The molecule has 1 aliphatic heterocycles. The molecule has 206 valence electrons. The Hall–Kier alpha value is -4.23. The van der Waals surface area contributed by atoms with E-state index in [9.17, 15) is 15.3 Å². The van der Waals surface area contributed by atoms with Gasteiger partial charge in [0.15, 0.2) is 17.3 Å². The zero-order chi connectivity index (χ0) is 28.6. The van der Waals surface area contributed by atoms with Gasteiger partial charge >= 0.3 is 0 Å². The maximum atomic E-state index is 13.8. The number of rotatable bonds is 6. The molecule has 1 aliphatic carbocycles. The Balaban J connectivity index is 1.88. The summed E-state index contributed by atoms with van der Waals surface area (Å²) in [5.74, 6) is 0.384. The van der Waals surface area contributed by atoms with Gasteiger partial charge in [0.2, 0.25) is 5.75 Å². The number of halogens is 1. The summed E-state index contributed by atoms with van der Waals surface area (Å²) in [6.45, 7) is 1.96. The van der Waals surface area contributed by atoms with Gasteiger partial charge < -0.3 is 19.3 Å². The van der Waals surface area contributed by atoms with Crippen LogP contribution < -0.4 is 19.1 Å². The van der Waals surface area contributed by atoms with Crippen LogP contribution >= 0.6 is 11.6 Å². The number of benzene rings is 3. The molecule has 2 aliphatic rings. The number of carbonyl (C=O) groups is 1. The van der Waals surface area contributed by atoms with E-state index in [1.807, 2.05) is 49.4 Å². The highest BCUT2D eigenvalue weighted by molar-refractivity contribution is 6.34. The van der Waals surface area contributed by atoms with Crippen LogP contribution in [0.4, 0.5) is 5.69 Å². The smallest absolute Gasteiger partial charge is 0.203 e. The standard InChI is InChI=1S/C32H31ClN2O5/c1-18-12-14-19(15-13-18)30(37)29-27(20-16-25(38-2)31(40-4)26(17-20)39-3)28-23(10-7-11-24(28)36)35(32(29)34)22-9-6-5-8-21(22)33/h5-6,8-9,12-17,27,34,37H,7,10-11H2,1-4H3/b30-29+,34-32?. The summed E-state index contributed by atoms with van der Waals surface area (Å²) in [5.41, 5.74) is 4.29. The normalized spacial score (nSPS) is 18.4. The third-order valence-corrected chi connectivity index (χ3v) is 7.77. The van der Waals surface area contributed by atoms with Crippen LogP contribution in [-0.2, 0) is 4.79 Å². The average molecular weight is 559 g/mol. The molecule has 0 amide bonds. The number of hydrogen-bond acceptors (Lipinski definition) is 6. The van der Waals surface area contributed by atoms with Gasteiger partial charge in [-0.3, -0.25) is 15.1 Å². The number of hydrogen-bond donors (Lipinski definition) is 2. The number of methoxy groups -OCH3 is 3. The molecule has 0 radical (unpaired) electrons. The van der Waals surface area contributed by atoms with E-state index in [0.29, 0.717) is 69.6 Å². The Kier molecular flexibility index (Phi) is 7.59. The van der Waals surface area contributed by atoms with Crippen molar-refractivity contribution in [1.82, 2.24) is 0 Å². The minimum Gasteiger partial charge on any atom is -0.507 e. The van der Waals surface area contributed by atoms with Crippen LogP contribution in [0.5, 0.6) is 17.2 Å². The lowest BCUT2D eigenvalue weighted by Gasteiger charge is -2.42. The van der Waals surface area contributed by atoms with Crippen LogP contribution in [0.25, 0.3) is 5.76 Å². The van der Waals surface area contributed by atoms with Crippen molar-refractivity contribution in [2.24, 2.45) is 0 Å². The summed E-state index contributed by atoms with van der Waals surface area (Å²) >= 11 is 6.65. The van der Waals surface area contributed by atoms with Gasteiger partial charge in [0, 0.05) is 34.7 Å². The summed E-state index contributed by atoms with van der Waals surface area (Å²) < 4.78 is 16.8. The van der Waals surface area contributed by atoms with Crippen LogP contribution in [-0.4, -0.2) is 38.1 Å². The first-order valence-electron chi connectivity index (χ1n) is 13.0. The number of amidine groups is 1. The monoisotopic (exact) mass is 558 g/mol. The highest BCUT2D eigenvalue weighted by Gasteiger charge is 2.44. The Bertz CT molecular complexity index is 1530. The largest absolute Gasteiger partial charge is 0.507 e. The van der Waals surface area contributed by atoms with Crippen LogP contribution in [0, 0.1) is 12.3 Å². The highest BCUT2D eigenvalue weighted by Crippen LogP contribution is 2.51. The number of nitrogens with zero attached hydrogens (tertiary/aromatic N) is 1. The van der Waals surface area contributed by atoms with E-state index < -0.39 is 5.92 Å². The van der Waals surface area contributed by atoms with Crippen molar-refractivity contribution >= 4 is 34.7 Å². The average Bonchev–Trinajstić information content (AvgIpc) is 2.96. The number of ketones is 1. The molecule has 0 aromatic heterocycles. The van der Waals surface area contributed by atoms with Gasteiger partial charge in [-0.1, -0.05) is 53.6 Å². The van der Waals surface area contributed by atoms with E-state index in [0.717, 1.165) is 5.56 Å². The summed E-state index contributed by atoms with van der Waals surface area (Å²) in [6.07, 6.45) is 1.59. The highest BCUT2D eigenvalue weighted by atomic mass is 35.5. The first-order valence-corrected chi connectivity index (χ1v) is 13.4. The zero-order valence-electron chi connectivity index (χ0n) is 22.9. The third-order valence-electron chi connectivity index (χ3n) is 7.45. The molecule has 0 bridgehead atoms. The molecule has 0 fully saturated rings. The first kappa shape index (κ1) is 27.3. The van der Waals surface area contributed by atoms with Crippen LogP contribution in [0.1, 0.15) is 41.9 Å².